The predicted molar refractivity (Wildman–Crippen MR) is 95.7 cm³/mol. The van der Waals surface area contributed by atoms with Crippen molar-refractivity contribution in [3.63, 3.8) is 0 Å². The van der Waals surface area contributed by atoms with Gasteiger partial charge in [0.05, 0.1) is 12.0 Å². The molecule has 0 bridgehead atoms. The van der Waals surface area contributed by atoms with E-state index in [4.69, 9.17) is 0 Å². The molecule has 5 heteroatoms. The van der Waals surface area contributed by atoms with Gasteiger partial charge < -0.3 is 10.0 Å². The van der Waals surface area contributed by atoms with Gasteiger partial charge in [0, 0.05) is 19.4 Å². The van der Waals surface area contributed by atoms with Crippen LogP contribution in [0.4, 0.5) is 8.78 Å². The van der Waals surface area contributed by atoms with Crippen LogP contribution in [0, 0.1) is 28.2 Å². The normalized spacial score (nSPS) is 32.1. The van der Waals surface area contributed by atoms with E-state index >= 15 is 0 Å². The number of piperidine rings is 1. The molecule has 1 spiro atoms. The number of likely N-dealkylation sites (tertiary alicyclic amines) is 1. The van der Waals surface area contributed by atoms with Crippen molar-refractivity contribution in [1.29, 1.82) is 0 Å². The summed E-state index contributed by atoms with van der Waals surface area (Å²) in [5.74, 6) is 1.49. The molecule has 136 valence electrons. The zero-order valence-electron chi connectivity index (χ0n) is 15.3. The first kappa shape index (κ1) is 18.4. The Labute approximate surface area is 146 Å². The molecule has 1 saturated heterocycles. The quantitative estimate of drug-likeness (QED) is 0.613. The minimum absolute atomic E-state index is 0.143. The third-order valence-electron chi connectivity index (χ3n) is 6.25. The fourth-order valence-corrected chi connectivity index (χ4v) is 5.20. The van der Waals surface area contributed by atoms with E-state index in [9.17, 15) is 13.9 Å². The highest BCUT2D eigenvalue weighted by atomic mass is 28.3. The molecule has 2 saturated carbocycles. The van der Waals surface area contributed by atoms with Crippen LogP contribution in [0.15, 0.2) is 0 Å². The van der Waals surface area contributed by atoms with Gasteiger partial charge in [0.1, 0.15) is 8.07 Å². The standard InChI is InChI=1S/C19H31F2NOSi/c1-24(2,3)10-4-5-16-11-17(12-16)6-8-22(9-7-17)14-18(15-23)13-19(18,20)21/h16,23H,5-9,11-15H2,1-3H3/t18-/m1/s1. The summed E-state index contributed by atoms with van der Waals surface area (Å²) in [5.41, 5.74) is 2.76. The van der Waals surface area contributed by atoms with Gasteiger partial charge in [0.25, 0.3) is 5.92 Å². The maximum absolute atomic E-state index is 13.5. The van der Waals surface area contributed by atoms with Gasteiger partial charge >= 0.3 is 0 Å². The Kier molecular flexibility index (Phi) is 4.64. The van der Waals surface area contributed by atoms with E-state index < -0.39 is 19.4 Å². The lowest BCUT2D eigenvalue weighted by atomic mass is 9.57. The van der Waals surface area contributed by atoms with Crippen molar-refractivity contribution < 1.29 is 13.9 Å². The second kappa shape index (κ2) is 6.07. The van der Waals surface area contributed by atoms with Crippen molar-refractivity contribution in [3.05, 3.63) is 0 Å². The first-order valence-electron chi connectivity index (χ1n) is 9.30. The van der Waals surface area contributed by atoms with Crippen molar-refractivity contribution in [2.45, 2.75) is 64.1 Å². The van der Waals surface area contributed by atoms with E-state index in [0.29, 0.717) is 12.0 Å². The molecule has 1 heterocycles. The second-order valence-electron chi connectivity index (χ2n) is 9.63. The molecule has 0 aromatic heterocycles. The van der Waals surface area contributed by atoms with Gasteiger partial charge in [-0.05, 0) is 50.1 Å². The largest absolute Gasteiger partial charge is 0.396 e. The average molecular weight is 356 g/mol. The average Bonchev–Trinajstić information content (AvgIpc) is 2.99. The first-order valence-corrected chi connectivity index (χ1v) is 12.8. The van der Waals surface area contributed by atoms with E-state index in [0.717, 1.165) is 38.3 Å². The highest BCUT2D eigenvalue weighted by Crippen LogP contribution is 2.61. The Balaban J connectivity index is 1.41. The van der Waals surface area contributed by atoms with Crippen LogP contribution in [0.2, 0.25) is 19.6 Å². The number of aliphatic hydroxyl groups is 1. The van der Waals surface area contributed by atoms with Crippen LogP contribution < -0.4 is 0 Å². The fourth-order valence-electron chi connectivity index (χ4n) is 4.57. The summed E-state index contributed by atoms with van der Waals surface area (Å²) in [4.78, 5) is 2.15. The zero-order chi connectivity index (χ0) is 17.6. The Morgan fingerprint density at radius 1 is 1.17 bits per heavy atom. The van der Waals surface area contributed by atoms with E-state index in [1.54, 1.807) is 0 Å². The van der Waals surface area contributed by atoms with Crippen molar-refractivity contribution in [2.24, 2.45) is 16.7 Å². The summed E-state index contributed by atoms with van der Waals surface area (Å²) in [5, 5.41) is 9.34. The first-order chi connectivity index (χ1) is 11.1. The lowest BCUT2D eigenvalue weighted by molar-refractivity contribution is -0.0319. The highest BCUT2D eigenvalue weighted by Gasteiger charge is 2.71. The predicted octanol–water partition coefficient (Wildman–Crippen LogP) is 3.77. The number of hydrogen-bond acceptors (Lipinski definition) is 2. The lowest BCUT2D eigenvalue weighted by Crippen LogP contribution is -2.49. The van der Waals surface area contributed by atoms with Gasteiger partial charge in [0.15, 0.2) is 0 Å². The molecule has 24 heavy (non-hydrogen) atoms. The van der Waals surface area contributed by atoms with Crippen LogP contribution in [-0.2, 0) is 0 Å². The fraction of sp³-hybridized carbons (Fsp3) is 0.895. The van der Waals surface area contributed by atoms with Gasteiger partial charge in [-0.3, -0.25) is 0 Å². The SMILES string of the molecule is C[Si](C)(C)C#CCC1CC2(CCN(C[C@@]3(CO)CC3(F)F)CC2)C1. The van der Waals surface area contributed by atoms with Crippen LogP contribution in [0.3, 0.4) is 0 Å². The Morgan fingerprint density at radius 2 is 1.75 bits per heavy atom. The summed E-state index contributed by atoms with van der Waals surface area (Å²) >= 11 is 0. The molecule has 0 aromatic carbocycles. The number of nitrogens with zero attached hydrogens (tertiary/aromatic N) is 1. The van der Waals surface area contributed by atoms with Crippen LogP contribution in [0.1, 0.15) is 38.5 Å². The molecule has 2 aliphatic carbocycles. The molecule has 3 aliphatic rings. The molecule has 1 aliphatic heterocycles. The minimum Gasteiger partial charge on any atom is -0.396 e. The van der Waals surface area contributed by atoms with Gasteiger partial charge in [-0.1, -0.05) is 19.6 Å². The van der Waals surface area contributed by atoms with E-state index in [1.165, 1.54) is 12.8 Å². The molecule has 0 aromatic rings. The Morgan fingerprint density at radius 3 is 2.21 bits per heavy atom. The van der Waals surface area contributed by atoms with Crippen LogP contribution >= 0.6 is 0 Å². The molecule has 3 rings (SSSR count). The maximum atomic E-state index is 13.5. The van der Waals surface area contributed by atoms with Crippen molar-refractivity contribution in [2.75, 3.05) is 26.2 Å². The number of aliphatic hydroxyl groups excluding tert-OH is 1. The summed E-state index contributed by atoms with van der Waals surface area (Å²) < 4.78 is 27.0. The molecule has 3 fully saturated rings. The van der Waals surface area contributed by atoms with Gasteiger partial charge in [-0.2, -0.15) is 0 Å². The monoisotopic (exact) mass is 355 g/mol. The smallest absolute Gasteiger partial charge is 0.258 e. The van der Waals surface area contributed by atoms with E-state index in [-0.39, 0.29) is 13.0 Å². The summed E-state index contributed by atoms with van der Waals surface area (Å²) in [6.45, 7) is 8.62. The van der Waals surface area contributed by atoms with Crippen LogP contribution in [-0.4, -0.2) is 50.2 Å². The lowest BCUT2D eigenvalue weighted by Gasteiger charge is -2.52. The topological polar surface area (TPSA) is 23.5 Å². The highest BCUT2D eigenvalue weighted by molar-refractivity contribution is 6.83. The van der Waals surface area contributed by atoms with E-state index in [2.05, 4.69) is 36.0 Å². The third-order valence-corrected chi connectivity index (χ3v) is 7.18. The van der Waals surface area contributed by atoms with Gasteiger partial charge in [0.2, 0.25) is 0 Å². The molecule has 1 N–H and O–H groups in total. The number of alkyl halides is 2. The summed E-state index contributed by atoms with van der Waals surface area (Å²) in [6, 6.07) is 0. The Hall–Kier alpha value is -0.443. The van der Waals surface area contributed by atoms with Crippen molar-refractivity contribution >= 4 is 8.07 Å². The number of hydrogen-bond donors (Lipinski definition) is 1. The zero-order valence-corrected chi connectivity index (χ0v) is 16.3. The van der Waals surface area contributed by atoms with Gasteiger partial charge in [-0.25, -0.2) is 8.78 Å². The third kappa shape index (κ3) is 3.71. The van der Waals surface area contributed by atoms with Crippen LogP contribution in [0.5, 0.6) is 0 Å². The minimum atomic E-state index is -2.66. The maximum Gasteiger partial charge on any atom is 0.258 e. The second-order valence-corrected chi connectivity index (χ2v) is 14.4. The molecule has 0 unspecified atom stereocenters. The molecule has 2 nitrogen and oxygen atoms in total. The van der Waals surface area contributed by atoms with E-state index in [1.807, 2.05) is 0 Å². The van der Waals surface area contributed by atoms with Gasteiger partial charge in [-0.15, -0.1) is 11.5 Å². The molecular weight excluding hydrogens is 324 g/mol. The summed E-state index contributed by atoms with van der Waals surface area (Å²) in [7, 11) is -1.25. The Bertz CT molecular complexity index is 532. The number of halogens is 2. The number of rotatable bonds is 4. The van der Waals surface area contributed by atoms with Crippen LogP contribution in [0.25, 0.3) is 0 Å². The van der Waals surface area contributed by atoms with Crippen molar-refractivity contribution in [3.8, 4) is 11.5 Å². The summed E-state index contributed by atoms with van der Waals surface area (Å²) in [6.07, 6.45) is 5.67. The molecule has 0 radical (unpaired) electrons. The molecular formula is C19H31F2NOSi. The molecule has 1 atom stereocenters. The van der Waals surface area contributed by atoms with Crippen molar-refractivity contribution in [1.82, 2.24) is 4.90 Å². The molecule has 0 amide bonds.